The molecule has 0 heterocycles. The molecule has 4 heteroatoms. The summed E-state index contributed by atoms with van der Waals surface area (Å²) in [7, 11) is 4.03. The van der Waals surface area contributed by atoms with Crippen LogP contribution in [0.1, 0.15) is 6.92 Å². The minimum Gasteiger partial charge on any atom is -0.379 e. The van der Waals surface area contributed by atoms with Crippen LogP contribution in [0.25, 0.3) is 0 Å². The maximum atomic E-state index is 8.45. The lowest BCUT2D eigenvalue weighted by atomic mass is 10.4. The van der Waals surface area contributed by atoms with Gasteiger partial charge in [0.05, 0.1) is 25.3 Å². The van der Waals surface area contributed by atoms with Crippen molar-refractivity contribution >= 4 is 0 Å². The lowest BCUT2D eigenvalue weighted by Gasteiger charge is -2.10. The smallest absolute Gasteiger partial charge is 0.0925 e. The number of nitriles is 1. The third-order valence-corrected chi connectivity index (χ3v) is 1.57. The number of ether oxygens (including phenoxy) is 1. The molecule has 1 unspecified atom stereocenters. The van der Waals surface area contributed by atoms with Gasteiger partial charge in [0.2, 0.25) is 0 Å². The number of nitrogens with one attached hydrogen (secondary N) is 1. The minimum atomic E-state index is -0.0857. The second-order valence-electron chi connectivity index (χ2n) is 3.22. The standard InChI is InChI=1S/C9H19N3O/c1-9(8-10)11-4-6-13-7-5-12(2)3/h9,11H,4-7H2,1-3H3. The van der Waals surface area contributed by atoms with E-state index in [0.717, 1.165) is 19.7 Å². The third-order valence-electron chi connectivity index (χ3n) is 1.57. The van der Waals surface area contributed by atoms with Gasteiger partial charge < -0.3 is 9.64 Å². The molecule has 0 aromatic heterocycles. The molecule has 0 bridgehead atoms. The van der Waals surface area contributed by atoms with E-state index in [1.165, 1.54) is 0 Å². The van der Waals surface area contributed by atoms with Crippen LogP contribution < -0.4 is 5.32 Å². The van der Waals surface area contributed by atoms with Crippen molar-refractivity contribution in [1.29, 1.82) is 5.26 Å². The van der Waals surface area contributed by atoms with Crippen LogP contribution in [0.15, 0.2) is 0 Å². The second-order valence-corrected chi connectivity index (χ2v) is 3.22. The molecule has 1 atom stereocenters. The Bertz CT molecular complexity index is 153. The number of hydrogen-bond donors (Lipinski definition) is 1. The Morgan fingerprint density at radius 3 is 2.69 bits per heavy atom. The maximum absolute atomic E-state index is 8.45. The fraction of sp³-hybridized carbons (Fsp3) is 0.889. The van der Waals surface area contributed by atoms with E-state index < -0.39 is 0 Å². The Hall–Kier alpha value is -0.630. The van der Waals surface area contributed by atoms with E-state index in [0.29, 0.717) is 6.61 Å². The summed E-state index contributed by atoms with van der Waals surface area (Å²) in [6.07, 6.45) is 0. The highest BCUT2D eigenvalue weighted by atomic mass is 16.5. The van der Waals surface area contributed by atoms with Crippen molar-refractivity contribution in [1.82, 2.24) is 10.2 Å². The third kappa shape index (κ3) is 9.28. The summed E-state index contributed by atoms with van der Waals surface area (Å²) in [6.45, 7) is 4.92. The number of likely N-dealkylation sites (N-methyl/N-ethyl adjacent to an activating group) is 1. The first kappa shape index (κ1) is 12.4. The van der Waals surface area contributed by atoms with E-state index in [-0.39, 0.29) is 6.04 Å². The van der Waals surface area contributed by atoms with Crippen LogP contribution in [0.3, 0.4) is 0 Å². The van der Waals surface area contributed by atoms with Gasteiger partial charge in [0.1, 0.15) is 0 Å². The molecule has 0 saturated carbocycles. The van der Waals surface area contributed by atoms with Gasteiger partial charge >= 0.3 is 0 Å². The van der Waals surface area contributed by atoms with Gasteiger partial charge in [-0.2, -0.15) is 5.26 Å². The van der Waals surface area contributed by atoms with E-state index >= 15 is 0 Å². The lowest BCUT2D eigenvalue weighted by Crippen LogP contribution is -2.29. The van der Waals surface area contributed by atoms with Crippen LogP contribution in [-0.4, -0.2) is 51.3 Å². The Morgan fingerprint density at radius 2 is 2.15 bits per heavy atom. The van der Waals surface area contributed by atoms with Gasteiger partial charge in [0.25, 0.3) is 0 Å². The van der Waals surface area contributed by atoms with Crippen molar-refractivity contribution in [3.8, 4) is 6.07 Å². The first-order valence-electron chi connectivity index (χ1n) is 4.52. The van der Waals surface area contributed by atoms with E-state index in [2.05, 4.69) is 16.3 Å². The molecule has 1 N–H and O–H groups in total. The van der Waals surface area contributed by atoms with Gasteiger partial charge in [-0.05, 0) is 21.0 Å². The van der Waals surface area contributed by atoms with Crippen molar-refractivity contribution < 1.29 is 4.74 Å². The van der Waals surface area contributed by atoms with Crippen molar-refractivity contribution in [2.75, 3.05) is 40.4 Å². The summed E-state index contributed by atoms with van der Waals surface area (Å²) >= 11 is 0. The SMILES string of the molecule is CC(C#N)NCCOCCN(C)C. The predicted octanol–water partition coefficient (Wildman–Crippen LogP) is 0.0663. The summed E-state index contributed by atoms with van der Waals surface area (Å²) in [4.78, 5) is 2.07. The molecule has 0 spiro atoms. The highest BCUT2D eigenvalue weighted by Gasteiger charge is 1.96. The summed E-state index contributed by atoms with van der Waals surface area (Å²) < 4.78 is 5.33. The molecule has 0 fully saturated rings. The molecule has 0 rings (SSSR count). The number of rotatable bonds is 7. The van der Waals surface area contributed by atoms with Crippen LogP contribution in [-0.2, 0) is 4.74 Å². The molecule has 0 radical (unpaired) electrons. The van der Waals surface area contributed by atoms with E-state index in [4.69, 9.17) is 10.00 Å². The topological polar surface area (TPSA) is 48.3 Å². The van der Waals surface area contributed by atoms with Crippen LogP contribution in [0, 0.1) is 11.3 Å². The number of hydrogen-bond acceptors (Lipinski definition) is 4. The normalized spacial score (nSPS) is 12.8. The predicted molar refractivity (Wildman–Crippen MR) is 52.5 cm³/mol. The molecule has 0 aliphatic rings. The van der Waals surface area contributed by atoms with Gasteiger partial charge in [-0.25, -0.2) is 0 Å². The molecule has 13 heavy (non-hydrogen) atoms. The summed E-state index contributed by atoms with van der Waals surface area (Å²) in [5.41, 5.74) is 0. The zero-order chi connectivity index (χ0) is 10.1. The maximum Gasteiger partial charge on any atom is 0.0925 e. The van der Waals surface area contributed by atoms with Crippen LogP contribution in [0.5, 0.6) is 0 Å². The molecule has 76 valence electrons. The lowest BCUT2D eigenvalue weighted by molar-refractivity contribution is 0.119. The minimum absolute atomic E-state index is 0.0857. The molecule has 0 aliphatic heterocycles. The highest BCUT2D eigenvalue weighted by Crippen LogP contribution is 1.79. The molecule has 0 amide bonds. The molecule has 0 saturated heterocycles. The summed E-state index contributed by atoms with van der Waals surface area (Å²) in [5, 5.41) is 11.5. The van der Waals surface area contributed by atoms with Gasteiger partial charge in [0, 0.05) is 13.1 Å². The first-order valence-corrected chi connectivity index (χ1v) is 4.52. The Morgan fingerprint density at radius 1 is 1.46 bits per heavy atom. The van der Waals surface area contributed by atoms with Crippen LogP contribution in [0.2, 0.25) is 0 Å². The Labute approximate surface area is 80.5 Å². The number of nitrogens with zero attached hydrogens (tertiary/aromatic N) is 2. The van der Waals surface area contributed by atoms with Gasteiger partial charge in [0.15, 0.2) is 0 Å². The van der Waals surface area contributed by atoms with E-state index in [9.17, 15) is 0 Å². The molecular formula is C9H19N3O. The van der Waals surface area contributed by atoms with Gasteiger partial charge in [-0.3, -0.25) is 5.32 Å². The van der Waals surface area contributed by atoms with Crippen LogP contribution >= 0.6 is 0 Å². The average Bonchev–Trinajstić information content (AvgIpc) is 2.10. The quantitative estimate of drug-likeness (QED) is 0.570. The van der Waals surface area contributed by atoms with Crippen molar-refractivity contribution in [3.63, 3.8) is 0 Å². The molecule has 0 aromatic rings. The fourth-order valence-corrected chi connectivity index (χ4v) is 0.742. The molecule has 4 nitrogen and oxygen atoms in total. The summed E-state index contributed by atoms with van der Waals surface area (Å²) in [5.74, 6) is 0. The monoisotopic (exact) mass is 185 g/mol. The molecule has 0 aromatic carbocycles. The van der Waals surface area contributed by atoms with Crippen LogP contribution in [0.4, 0.5) is 0 Å². The Balaban J connectivity index is 3.05. The zero-order valence-corrected chi connectivity index (χ0v) is 8.71. The summed E-state index contributed by atoms with van der Waals surface area (Å²) in [6, 6.07) is 2.01. The van der Waals surface area contributed by atoms with Crippen molar-refractivity contribution in [3.05, 3.63) is 0 Å². The largest absolute Gasteiger partial charge is 0.379 e. The first-order chi connectivity index (χ1) is 6.16. The van der Waals surface area contributed by atoms with Gasteiger partial charge in [-0.15, -0.1) is 0 Å². The fourth-order valence-electron chi connectivity index (χ4n) is 0.742. The Kier molecular flexibility index (Phi) is 7.60. The highest BCUT2D eigenvalue weighted by molar-refractivity contribution is 4.84. The van der Waals surface area contributed by atoms with E-state index in [1.807, 2.05) is 21.0 Å². The second kappa shape index (κ2) is 7.99. The van der Waals surface area contributed by atoms with Gasteiger partial charge in [-0.1, -0.05) is 0 Å². The van der Waals surface area contributed by atoms with Crippen molar-refractivity contribution in [2.45, 2.75) is 13.0 Å². The van der Waals surface area contributed by atoms with E-state index in [1.54, 1.807) is 0 Å². The molecule has 0 aliphatic carbocycles. The molecular weight excluding hydrogens is 166 g/mol. The van der Waals surface area contributed by atoms with Crippen molar-refractivity contribution in [2.24, 2.45) is 0 Å². The average molecular weight is 185 g/mol. The zero-order valence-electron chi connectivity index (χ0n) is 8.71.